The van der Waals surface area contributed by atoms with Gasteiger partial charge in [0.15, 0.2) is 0 Å². The maximum Gasteiger partial charge on any atom is 0.130 e. The summed E-state index contributed by atoms with van der Waals surface area (Å²) in [6.07, 6.45) is 4.27. The Hall–Kier alpha value is -3.24. The maximum atomic E-state index is 8.90. The zero-order chi connectivity index (χ0) is 24.9. The second-order valence-electron chi connectivity index (χ2n) is 9.37. The van der Waals surface area contributed by atoms with Crippen molar-refractivity contribution >= 4 is 11.8 Å². The molecule has 0 saturated heterocycles. The largest absolute Gasteiger partial charge is 0.492 e. The van der Waals surface area contributed by atoms with Gasteiger partial charge < -0.3 is 9.64 Å². The van der Waals surface area contributed by atoms with Gasteiger partial charge in [-0.25, -0.2) is 0 Å². The van der Waals surface area contributed by atoms with Gasteiger partial charge >= 0.3 is 0 Å². The van der Waals surface area contributed by atoms with E-state index >= 15 is 0 Å². The molecule has 0 fully saturated rings. The molecule has 4 heteroatoms. The van der Waals surface area contributed by atoms with Gasteiger partial charge in [0.25, 0.3) is 0 Å². The Morgan fingerprint density at radius 3 is 2.09 bits per heavy atom. The van der Waals surface area contributed by atoms with Crippen molar-refractivity contribution in [2.75, 3.05) is 24.6 Å². The van der Waals surface area contributed by atoms with Crippen molar-refractivity contribution in [3.05, 3.63) is 64.7 Å². The van der Waals surface area contributed by atoms with E-state index in [4.69, 9.17) is 15.3 Å². The summed E-state index contributed by atoms with van der Waals surface area (Å²) in [6, 6.07) is 17.9. The summed E-state index contributed by atoms with van der Waals surface area (Å²) in [5, 5.41) is 17.8. The van der Waals surface area contributed by atoms with Gasteiger partial charge in [0.05, 0.1) is 6.54 Å². The first kappa shape index (κ1) is 27.8. The first-order chi connectivity index (χ1) is 15.6. The molecule has 0 saturated carbocycles. The van der Waals surface area contributed by atoms with E-state index in [2.05, 4.69) is 52.5 Å². The number of hydrogen-bond acceptors (Lipinski definition) is 4. The number of benzene rings is 2. The molecule has 2 aromatic rings. The Morgan fingerprint density at radius 2 is 1.64 bits per heavy atom. The molecule has 0 spiro atoms. The van der Waals surface area contributed by atoms with Crippen LogP contribution in [0.3, 0.4) is 0 Å². The molecule has 0 aliphatic heterocycles. The molecule has 2 rings (SSSR count). The van der Waals surface area contributed by atoms with Crippen LogP contribution in [0.15, 0.2) is 48.0 Å². The normalized spacial score (nSPS) is 10.2. The van der Waals surface area contributed by atoms with Crippen molar-refractivity contribution in [1.29, 1.82) is 10.5 Å². The standard InChI is InChI=1S/C22H23N3O.C7H16/c1-4-25(11-12-26-22-9-5-17(2)6-10-22)21-8-7-20(18(3)13-21)14-19(15-23)16-24;1-5-6-7(2,3)4/h5-10,13-14H,4,11-12H2,1-3H3;5-6H2,1-4H3. The van der Waals surface area contributed by atoms with E-state index in [0.29, 0.717) is 12.0 Å². The van der Waals surface area contributed by atoms with Gasteiger partial charge in [-0.3, -0.25) is 0 Å². The number of nitrogens with zero attached hydrogens (tertiary/aromatic N) is 3. The molecule has 0 amide bonds. The van der Waals surface area contributed by atoms with Gasteiger partial charge in [0.1, 0.15) is 30.1 Å². The Bertz CT molecular complexity index is 954. The number of likely N-dealkylation sites (N-methyl/N-ethyl adjacent to an activating group) is 1. The summed E-state index contributed by atoms with van der Waals surface area (Å²) in [7, 11) is 0. The van der Waals surface area contributed by atoms with Crippen LogP contribution < -0.4 is 9.64 Å². The Labute approximate surface area is 201 Å². The molecular formula is C29H39N3O. The van der Waals surface area contributed by atoms with Crippen LogP contribution in [0, 0.1) is 41.9 Å². The lowest BCUT2D eigenvalue weighted by Gasteiger charge is -2.24. The number of rotatable bonds is 8. The first-order valence-electron chi connectivity index (χ1n) is 11.7. The van der Waals surface area contributed by atoms with E-state index in [1.54, 1.807) is 6.08 Å². The number of allylic oxidation sites excluding steroid dienone is 1. The second kappa shape index (κ2) is 14.0. The molecule has 4 nitrogen and oxygen atoms in total. The number of aryl methyl sites for hydroxylation is 2. The summed E-state index contributed by atoms with van der Waals surface area (Å²) in [5.74, 6) is 0.879. The van der Waals surface area contributed by atoms with Gasteiger partial charge in [-0.15, -0.1) is 0 Å². The molecule has 0 N–H and O–H groups in total. The van der Waals surface area contributed by atoms with Gasteiger partial charge in [0.2, 0.25) is 0 Å². The van der Waals surface area contributed by atoms with Crippen LogP contribution in [-0.2, 0) is 0 Å². The smallest absolute Gasteiger partial charge is 0.130 e. The summed E-state index contributed by atoms with van der Waals surface area (Å²) < 4.78 is 5.83. The zero-order valence-corrected chi connectivity index (χ0v) is 21.4. The van der Waals surface area contributed by atoms with E-state index in [1.165, 1.54) is 18.4 Å². The number of ether oxygens (including phenoxy) is 1. The molecular weight excluding hydrogens is 406 g/mol. The summed E-state index contributed by atoms with van der Waals surface area (Å²) in [5.41, 5.74) is 4.90. The van der Waals surface area contributed by atoms with Crippen molar-refractivity contribution in [1.82, 2.24) is 0 Å². The Kier molecular flexibility index (Phi) is 11.8. The van der Waals surface area contributed by atoms with Crippen LogP contribution in [0.4, 0.5) is 5.69 Å². The molecule has 2 aromatic carbocycles. The molecule has 0 aliphatic carbocycles. The van der Waals surface area contributed by atoms with Crippen LogP contribution in [0.25, 0.3) is 6.08 Å². The van der Waals surface area contributed by atoms with Gasteiger partial charge in [-0.1, -0.05) is 57.9 Å². The molecule has 0 unspecified atom stereocenters. The van der Waals surface area contributed by atoms with E-state index < -0.39 is 0 Å². The SMILES string of the molecule is CCCC(C)(C)C.CCN(CCOc1ccc(C)cc1)c1ccc(C=C(C#N)C#N)c(C)c1. The molecule has 0 atom stereocenters. The monoisotopic (exact) mass is 445 g/mol. The highest BCUT2D eigenvalue weighted by atomic mass is 16.5. The first-order valence-corrected chi connectivity index (χ1v) is 11.7. The molecule has 0 radical (unpaired) electrons. The number of hydrogen-bond donors (Lipinski definition) is 0. The lowest BCUT2D eigenvalue weighted by Crippen LogP contribution is -2.28. The average molecular weight is 446 g/mol. The third-order valence-electron chi connectivity index (χ3n) is 5.19. The van der Waals surface area contributed by atoms with E-state index in [-0.39, 0.29) is 5.57 Å². The molecule has 0 aliphatic rings. The van der Waals surface area contributed by atoms with Gasteiger partial charge in [-0.05, 0) is 74.1 Å². The minimum Gasteiger partial charge on any atom is -0.492 e. The van der Waals surface area contributed by atoms with Crippen LogP contribution in [0.5, 0.6) is 5.75 Å². The lowest BCUT2D eigenvalue weighted by atomic mass is 9.91. The third kappa shape index (κ3) is 10.8. The van der Waals surface area contributed by atoms with Crippen molar-refractivity contribution in [3.63, 3.8) is 0 Å². The second-order valence-corrected chi connectivity index (χ2v) is 9.37. The fourth-order valence-electron chi connectivity index (χ4n) is 3.39. The highest BCUT2D eigenvalue weighted by Crippen LogP contribution is 2.21. The highest BCUT2D eigenvalue weighted by Gasteiger charge is 2.08. The lowest BCUT2D eigenvalue weighted by molar-refractivity contribution is 0.324. The van der Waals surface area contributed by atoms with Crippen molar-refractivity contribution in [2.24, 2.45) is 5.41 Å². The summed E-state index contributed by atoms with van der Waals surface area (Å²) >= 11 is 0. The summed E-state index contributed by atoms with van der Waals surface area (Å²) in [6.45, 7) is 17.4. The van der Waals surface area contributed by atoms with E-state index in [9.17, 15) is 0 Å². The fourth-order valence-corrected chi connectivity index (χ4v) is 3.39. The van der Waals surface area contributed by atoms with Gasteiger partial charge in [0, 0.05) is 12.2 Å². The Balaban J connectivity index is 0.000000675. The maximum absolute atomic E-state index is 8.90. The van der Waals surface area contributed by atoms with Crippen LogP contribution in [-0.4, -0.2) is 19.7 Å². The quantitative estimate of drug-likeness (QED) is 0.395. The molecule has 176 valence electrons. The molecule has 33 heavy (non-hydrogen) atoms. The van der Waals surface area contributed by atoms with Crippen molar-refractivity contribution < 1.29 is 4.74 Å². The van der Waals surface area contributed by atoms with Gasteiger partial charge in [-0.2, -0.15) is 10.5 Å². The minimum absolute atomic E-state index is 0.111. The topological polar surface area (TPSA) is 60.0 Å². The predicted molar refractivity (Wildman–Crippen MR) is 139 cm³/mol. The third-order valence-corrected chi connectivity index (χ3v) is 5.19. The molecule has 0 heterocycles. The van der Waals surface area contributed by atoms with E-state index in [0.717, 1.165) is 35.7 Å². The van der Waals surface area contributed by atoms with Crippen LogP contribution in [0.1, 0.15) is 64.2 Å². The number of nitriles is 2. The average Bonchev–Trinajstić information content (AvgIpc) is 2.77. The molecule has 0 bridgehead atoms. The molecule has 0 aromatic heterocycles. The van der Waals surface area contributed by atoms with Crippen molar-refractivity contribution in [3.8, 4) is 17.9 Å². The zero-order valence-electron chi connectivity index (χ0n) is 21.4. The van der Waals surface area contributed by atoms with Crippen molar-refractivity contribution in [2.45, 2.75) is 61.3 Å². The minimum atomic E-state index is 0.111. The Morgan fingerprint density at radius 1 is 1.00 bits per heavy atom. The van der Waals surface area contributed by atoms with E-state index in [1.807, 2.05) is 55.5 Å². The van der Waals surface area contributed by atoms with Crippen LogP contribution >= 0.6 is 0 Å². The highest BCUT2D eigenvalue weighted by molar-refractivity contribution is 5.66. The van der Waals surface area contributed by atoms with Crippen LogP contribution in [0.2, 0.25) is 0 Å². The predicted octanol–water partition coefficient (Wildman–Crippen LogP) is 7.47. The summed E-state index contributed by atoms with van der Waals surface area (Å²) in [4.78, 5) is 2.24. The fraction of sp³-hybridized carbons (Fsp3) is 0.448. The number of anilines is 1.